The Morgan fingerprint density at radius 1 is 1.47 bits per heavy atom. The molecule has 0 heterocycles. The SMILES string of the molecule is N=C(OCCc1ccccc1F)C(N)=O. The van der Waals surface area contributed by atoms with Gasteiger partial charge in [-0.05, 0) is 11.6 Å². The minimum Gasteiger partial charge on any atom is -0.474 e. The van der Waals surface area contributed by atoms with Gasteiger partial charge in [0.25, 0.3) is 5.90 Å². The van der Waals surface area contributed by atoms with Gasteiger partial charge < -0.3 is 10.5 Å². The first-order chi connectivity index (χ1) is 7.11. The first-order valence-corrected chi connectivity index (χ1v) is 4.36. The van der Waals surface area contributed by atoms with Gasteiger partial charge in [0, 0.05) is 6.42 Å². The highest BCUT2D eigenvalue weighted by Gasteiger charge is 2.06. The summed E-state index contributed by atoms with van der Waals surface area (Å²) in [6.45, 7) is 0.0582. The van der Waals surface area contributed by atoms with E-state index in [9.17, 15) is 9.18 Å². The number of halogens is 1. The van der Waals surface area contributed by atoms with Crippen LogP contribution in [0.2, 0.25) is 0 Å². The van der Waals surface area contributed by atoms with Crippen LogP contribution in [0.25, 0.3) is 0 Å². The van der Waals surface area contributed by atoms with Crippen LogP contribution in [0.1, 0.15) is 5.56 Å². The zero-order chi connectivity index (χ0) is 11.3. The van der Waals surface area contributed by atoms with E-state index in [0.717, 1.165) is 0 Å². The Balaban J connectivity index is 2.42. The summed E-state index contributed by atoms with van der Waals surface area (Å²) in [5.74, 6) is -1.86. The molecule has 1 rings (SSSR count). The summed E-state index contributed by atoms with van der Waals surface area (Å²) in [6, 6.07) is 6.25. The molecule has 0 aromatic heterocycles. The summed E-state index contributed by atoms with van der Waals surface area (Å²) in [5.41, 5.74) is 5.26. The van der Waals surface area contributed by atoms with Crippen molar-refractivity contribution < 1.29 is 13.9 Å². The fourth-order valence-corrected chi connectivity index (χ4v) is 1.04. The molecular weight excluding hydrogens is 199 g/mol. The Hall–Kier alpha value is -1.91. The van der Waals surface area contributed by atoms with Crippen molar-refractivity contribution in [3.05, 3.63) is 35.6 Å². The van der Waals surface area contributed by atoms with Gasteiger partial charge >= 0.3 is 5.91 Å². The van der Waals surface area contributed by atoms with E-state index in [4.69, 9.17) is 15.9 Å². The molecule has 0 aliphatic heterocycles. The number of nitrogens with one attached hydrogen (secondary N) is 1. The normalized spacial score (nSPS) is 9.67. The Labute approximate surface area is 86.4 Å². The molecule has 1 aromatic carbocycles. The van der Waals surface area contributed by atoms with Crippen molar-refractivity contribution in [1.29, 1.82) is 5.41 Å². The molecule has 0 saturated heterocycles. The second kappa shape index (κ2) is 5.09. The van der Waals surface area contributed by atoms with Crippen LogP contribution in [0, 0.1) is 11.2 Å². The Kier molecular flexibility index (Phi) is 3.79. The maximum absolute atomic E-state index is 13.1. The third kappa shape index (κ3) is 3.38. The van der Waals surface area contributed by atoms with Crippen LogP contribution < -0.4 is 5.73 Å². The zero-order valence-electron chi connectivity index (χ0n) is 8.00. The Bertz CT molecular complexity index is 379. The van der Waals surface area contributed by atoms with Crippen LogP contribution in [0.15, 0.2) is 24.3 Å². The van der Waals surface area contributed by atoms with Crippen molar-refractivity contribution in [2.45, 2.75) is 6.42 Å². The van der Waals surface area contributed by atoms with Crippen molar-refractivity contribution in [3.8, 4) is 0 Å². The number of carbonyl (C=O) groups excluding carboxylic acids is 1. The fraction of sp³-hybridized carbons (Fsp3) is 0.200. The van der Waals surface area contributed by atoms with Gasteiger partial charge in [0.05, 0.1) is 6.61 Å². The van der Waals surface area contributed by atoms with E-state index in [2.05, 4.69) is 0 Å². The second-order valence-corrected chi connectivity index (χ2v) is 2.88. The molecule has 15 heavy (non-hydrogen) atoms. The minimum atomic E-state index is -0.927. The highest BCUT2D eigenvalue weighted by Crippen LogP contribution is 2.06. The number of rotatable bonds is 3. The molecule has 0 bridgehead atoms. The molecule has 0 unspecified atom stereocenters. The molecule has 0 aliphatic rings. The quantitative estimate of drug-likeness (QED) is 0.573. The largest absolute Gasteiger partial charge is 0.474 e. The van der Waals surface area contributed by atoms with E-state index in [0.29, 0.717) is 12.0 Å². The lowest BCUT2D eigenvalue weighted by molar-refractivity contribution is -0.113. The summed E-state index contributed by atoms with van der Waals surface area (Å²) in [4.78, 5) is 10.4. The molecule has 0 atom stereocenters. The topological polar surface area (TPSA) is 76.2 Å². The molecule has 0 fully saturated rings. The summed E-state index contributed by atoms with van der Waals surface area (Å²) in [6.07, 6.45) is 0.294. The Morgan fingerprint density at radius 2 is 2.13 bits per heavy atom. The standard InChI is InChI=1S/C10H11FN2O2/c11-8-4-2-1-3-7(8)5-6-15-10(13)9(12)14/h1-4,13H,5-6H2,(H2,12,14). The number of amides is 1. The van der Waals surface area contributed by atoms with Crippen LogP contribution in [-0.2, 0) is 16.0 Å². The Morgan fingerprint density at radius 3 is 2.73 bits per heavy atom. The van der Waals surface area contributed by atoms with Gasteiger partial charge in [0.15, 0.2) is 0 Å². The summed E-state index contributed by atoms with van der Waals surface area (Å²) >= 11 is 0. The van der Waals surface area contributed by atoms with Gasteiger partial charge in [-0.3, -0.25) is 10.2 Å². The number of hydrogen-bond acceptors (Lipinski definition) is 3. The van der Waals surface area contributed by atoms with Gasteiger partial charge in [-0.1, -0.05) is 18.2 Å². The monoisotopic (exact) mass is 210 g/mol. The third-order valence-electron chi connectivity index (χ3n) is 1.80. The lowest BCUT2D eigenvalue weighted by Gasteiger charge is -2.05. The molecule has 1 amide bonds. The number of benzene rings is 1. The molecule has 0 aliphatic carbocycles. The zero-order valence-corrected chi connectivity index (χ0v) is 8.00. The predicted molar refractivity (Wildman–Crippen MR) is 53.0 cm³/mol. The highest BCUT2D eigenvalue weighted by atomic mass is 19.1. The van der Waals surface area contributed by atoms with E-state index >= 15 is 0 Å². The summed E-state index contributed by atoms with van der Waals surface area (Å²) in [5, 5.41) is 6.97. The molecule has 0 radical (unpaired) electrons. The summed E-state index contributed by atoms with van der Waals surface area (Å²) in [7, 11) is 0. The number of nitrogens with two attached hydrogens (primary N) is 1. The molecule has 0 spiro atoms. The van der Waals surface area contributed by atoms with E-state index in [1.54, 1.807) is 18.2 Å². The molecule has 1 aromatic rings. The first kappa shape index (κ1) is 11.2. The van der Waals surface area contributed by atoms with Crippen LogP contribution in [0.3, 0.4) is 0 Å². The van der Waals surface area contributed by atoms with Crippen LogP contribution >= 0.6 is 0 Å². The van der Waals surface area contributed by atoms with Crippen LogP contribution in [0.4, 0.5) is 4.39 Å². The predicted octanol–water partition coefficient (Wildman–Crippen LogP) is 0.847. The second-order valence-electron chi connectivity index (χ2n) is 2.88. The van der Waals surface area contributed by atoms with Gasteiger partial charge in [0.1, 0.15) is 5.82 Å². The molecule has 0 saturated carbocycles. The average Bonchev–Trinajstić information content (AvgIpc) is 2.20. The first-order valence-electron chi connectivity index (χ1n) is 4.36. The number of ether oxygens (including phenoxy) is 1. The molecule has 80 valence electrons. The lowest BCUT2D eigenvalue weighted by atomic mass is 10.1. The third-order valence-corrected chi connectivity index (χ3v) is 1.80. The smallest absolute Gasteiger partial charge is 0.303 e. The van der Waals surface area contributed by atoms with Crippen molar-refractivity contribution in [2.75, 3.05) is 6.61 Å². The van der Waals surface area contributed by atoms with Gasteiger partial charge in [-0.2, -0.15) is 0 Å². The molecular formula is C10H11FN2O2. The van der Waals surface area contributed by atoms with Crippen molar-refractivity contribution in [2.24, 2.45) is 5.73 Å². The maximum Gasteiger partial charge on any atom is 0.303 e. The average molecular weight is 210 g/mol. The van der Waals surface area contributed by atoms with Crippen molar-refractivity contribution in [1.82, 2.24) is 0 Å². The number of hydrogen-bond donors (Lipinski definition) is 2. The number of primary amides is 1. The lowest BCUT2D eigenvalue weighted by Crippen LogP contribution is -2.25. The van der Waals surface area contributed by atoms with E-state index in [-0.39, 0.29) is 12.4 Å². The van der Waals surface area contributed by atoms with Crippen molar-refractivity contribution in [3.63, 3.8) is 0 Å². The van der Waals surface area contributed by atoms with Gasteiger partial charge in [0.2, 0.25) is 0 Å². The van der Waals surface area contributed by atoms with E-state index in [1.807, 2.05) is 0 Å². The molecule has 3 N–H and O–H groups in total. The number of carbonyl (C=O) groups is 1. The van der Waals surface area contributed by atoms with Crippen LogP contribution in [-0.4, -0.2) is 18.4 Å². The van der Waals surface area contributed by atoms with Gasteiger partial charge in [-0.25, -0.2) is 4.39 Å². The van der Waals surface area contributed by atoms with Gasteiger partial charge in [-0.15, -0.1) is 0 Å². The minimum absolute atomic E-state index is 0.0582. The molecule has 5 heteroatoms. The van der Waals surface area contributed by atoms with E-state index < -0.39 is 11.8 Å². The van der Waals surface area contributed by atoms with Crippen molar-refractivity contribution >= 4 is 11.8 Å². The summed E-state index contributed by atoms with van der Waals surface area (Å²) < 4.78 is 17.8. The molecule has 4 nitrogen and oxygen atoms in total. The highest BCUT2D eigenvalue weighted by molar-refractivity contribution is 6.33. The van der Waals surface area contributed by atoms with E-state index in [1.165, 1.54) is 6.07 Å². The fourth-order valence-electron chi connectivity index (χ4n) is 1.04. The maximum atomic E-state index is 13.1. The van der Waals surface area contributed by atoms with Crippen LogP contribution in [0.5, 0.6) is 0 Å².